The predicted molar refractivity (Wildman–Crippen MR) is 77.3 cm³/mol. The zero-order valence-electron chi connectivity index (χ0n) is 11.6. The smallest absolute Gasteiger partial charge is 0.0443 e. The highest BCUT2D eigenvalue weighted by Crippen LogP contribution is 2.30. The summed E-state index contributed by atoms with van der Waals surface area (Å²) in [5, 5.41) is 3.71. The lowest BCUT2D eigenvalue weighted by Crippen LogP contribution is -2.59. The Labute approximate surface area is 110 Å². The van der Waals surface area contributed by atoms with Gasteiger partial charge in [-0.05, 0) is 49.9 Å². The van der Waals surface area contributed by atoms with Gasteiger partial charge in [0.1, 0.15) is 0 Å². The van der Waals surface area contributed by atoms with Gasteiger partial charge in [-0.2, -0.15) is 0 Å². The first-order valence-corrected chi connectivity index (χ1v) is 7.32. The maximum Gasteiger partial charge on any atom is 0.0443 e. The summed E-state index contributed by atoms with van der Waals surface area (Å²) in [6.07, 6.45) is 5.50. The Morgan fingerprint density at radius 3 is 2.56 bits per heavy atom. The Kier molecular flexibility index (Phi) is 3.29. The number of rotatable bonds is 1. The Morgan fingerprint density at radius 1 is 1.06 bits per heavy atom. The first kappa shape index (κ1) is 12.0. The van der Waals surface area contributed by atoms with E-state index in [1.54, 1.807) is 0 Å². The monoisotopic (exact) mass is 244 g/mol. The SMILES string of the molecule is Cc1cc(C)cc(N2CCN[C@H]3CCCC[C@H]32)c1. The van der Waals surface area contributed by atoms with Crippen molar-refractivity contribution in [3.05, 3.63) is 29.3 Å². The van der Waals surface area contributed by atoms with Crippen LogP contribution >= 0.6 is 0 Å². The molecule has 98 valence electrons. The lowest BCUT2D eigenvalue weighted by molar-refractivity contribution is 0.284. The van der Waals surface area contributed by atoms with Crippen LogP contribution in [0.15, 0.2) is 18.2 Å². The van der Waals surface area contributed by atoms with E-state index in [9.17, 15) is 0 Å². The highest BCUT2D eigenvalue weighted by Gasteiger charge is 2.33. The molecule has 1 N–H and O–H groups in total. The molecule has 0 aromatic heterocycles. The molecule has 0 radical (unpaired) electrons. The minimum atomic E-state index is 0.716. The van der Waals surface area contributed by atoms with E-state index in [4.69, 9.17) is 0 Å². The molecule has 2 nitrogen and oxygen atoms in total. The highest BCUT2D eigenvalue weighted by molar-refractivity contribution is 5.52. The number of nitrogens with zero attached hydrogens (tertiary/aromatic N) is 1. The van der Waals surface area contributed by atoms with Crippen LogP contribution in [0.25, 0.3) is 0 Å². The molecular weight excluding hydrogens is 220 g/mol. The molecule has 1 aromatic carbocycles. The van der Waals surface area contributed by atoms with E-state index in [-0.39, 0.29) is 0 Å². The number of hydrogen-bond donors (Lipinski definition) is 1. The molecule has 0 spiro atoms. The maximum atomic E-state index is 3.71. The average molecular weight is 244 g/mol. The molecule has 1 aliphatic heterocycles. The lowest BCUT2D eigenvalue weighted by Gasteiger charge is -2.46. The van der Waals surface area contributed by atoms with Crippen LogP contribution in [0.1, 0.15) is 36.8 Å². The minimum Gasteiger partial charge on any atom is -0.366 e. The molecule has 2 heteroatoms. The standard InChI is InChI=1S/C16H24N2/c1-12-9-13(2)11-14(10-12)18-8-7-17-15-5-3-4-6-16(15)18/h9-11,15-17H,3-8H2,1-2H3/t15-,16+/m0/s1. The van der Waals surface area contributed by atoms with Crippen molar-refractivity contribution in [2.24, 2.45) is 0 Å². The van der Waals surface area contributed by atoms with Gasteiger partial charge in [0.15, 0.2) is 0 Å². The van der Waals surface area contributed by atoms with E-state index in [1.165, 1.54) is 42.5 Å². The molecule has 0 bridgehead atoms. The van der Waals surface area contributed by atoms with Crippen molar-refractivity contribution in [1.82, 2.24) is 5.32 Å². The van der Waals surface area contributed by atoms with Gasteiger partial charge in [-0.3, -0.25) is 0 Å². The van der Waals surface area contributed by atoms with E-state index in [1.807, 2.05) is 0 Å². The second kappa shape index (κ2) is 4.93. The molecule has 2 atom stereocenters. The van der Waals surface area contributed by atoms with E-state index < -0.39 is 0 Å². The normalized spacial score (nSPS) is 28.0. The molecule has 1 aromatic rings. The minimum absolute atomic E-state index is 0.716. The molecule has 0 amide bonds. The van der Waals surface area contributed by atoms with E-state index in [2.05, 4.69) is 42.3 Å². The second-order valence-electron chi connectivity index (χ2n) is 5.95. The van der Waals surface area contributed by atoms with Crippen molar-refractivity contribution in [3.63, 3.8) is 0 Å². The maximum absolute atomic E-state index is 3.71. The number of benzene rings is 1. The lowest BCUT2D eigenvalue weighted by atomic mass is 9.87. The topological polar surface area (TPSA) is 15.3 Å². The fourth-order valence-electron chi connectivity index (χ4n) is 3.70. The van der Waals surface area contributed by atoms with Crippen molar-refractivity contribution in [3.8, 4) is 0 Å². The van der Waals surface area contributed by atoms with Crippen LogP contribution in [0.3, 0.4) is 0 Å². The first-order valence-electron chi connectivity index (χ1n) is 7.32. The first-order chi connectivity index (χ1) is 8.74. The highest BCUT2D eigenvalue weighted by atomic mass is 15.2. The Balaban J connectivity index is 1.89. The summed E-state index contributed by atoms with van der Waals surface area (Å²) in [6, 6.07) is 8.40. The van der Waals surface area contributed by atoms with Crippen LogP contribution < -0.4 is 10.2 Å². The number of hydrogen-bond acceptors (Lipinski definition) is 2. The van der Waals surface area contributed by atoms with Crippen molar-refractivity contribution in [2.45, 2.75) is 51.6 Å². The zero-order chi connectivity index (χ0) is 12.5. The third kappa shape index (κ3) is 2.26. The van der Waals surface area contributed by atoms with Crippen molar-refractivity contribution in [2.75, 3.05) is 18.0 Å². The van der Waals surface area contributed by atoms with Crippen molar-refractivity contribution >= 4 is 5.69 Å². The molecular formula is C16H24N2. The molecule has 1 heterocycles. The molecule has 1 saturated heterocycles. The summed E-state index contributed by atoms with van der Waals surface area (Å²) in [6.45, 7) is 6.70. The fourth-order valence-corrected chi connectivity index (χ4v) is 3.70. The average Bonchev–Trinajstić information content (AvgIpc) is 2.37. The van der Waals surface area contributed by atoms with Gasteiger partial charge in [-0.25, -0.2) is 0 Å². The largest absolute Gasteiger partial charge is 0.366 e. The number of fused-ring (bicyclic) bond motifs is 1. The molecule has 0 unspecified atom stereocenters. The summed E-state index contributed by atoms with van der Waals surface area (Å²) in [5.74, 6) is 0. The molecule has 3 rings (SSSR count). The van der Waals surface area contributed by atoms with Crippen LogP contribution in [-0.2, 0) is 0 Å². The molecule has 2 aliphatic rings. The van der Waals surface area contributed by atoms with Crippen LogP contribution in [0.2, 0.25) is 0 Å². The summed E-state index contributed by atoms with van der Waals surface area (Å²) in [7, 11) is 0. The Hall–Kier alpha value is -1.02. The predicted octanol–water partition coefficient (Wildman–Crippen LogP) is 3.02. The van der Waals surface area contributed by atoms with E-state index >= 15 is 0 Å². The summed E-state index contributed by atoms with van der Waals surface area (Å²) in [4.78, 5) is 2.65. The van der Waals surface area contributed by atoms with Gasteiger partial charge in [-0.15, -0.1) is 0 Å². The molecule has 18 heavy (non-hydrogen) atoms. The molecule has 1 aliphatic carbocycles. The fraction of sp³-hybridized carbons (Fsp3) is 0.625. The van der Waals surface area contributed by atoms with Gasteiger partial charge in [-0.1, -0.05) is 18.9 Å². The summed E-state index contributed by atoms with van der Waals surface area (Å²) in [5.41, 5.74) is 4.21. The quantitative estimate of drug-likeness (QED) is 0.817. The zero-order valence-corrected chi connectivity index (χ0v) is 11.6. The van der Waals surface area contributed by atoms with Crippen LogP contribution in [0.5, 0.6) is 0 Å². The van der Waals surface area contributed by atoms with Crippen molar-refractivity contribution in [1.29, 1.82) is 0 Å². The van der Waals surface area contributed by atoms with Crippen molar-refractivity contribution < 1.29 is 0 Å². The van der Waals surface area contributed by atoms with Gasteiger partial charge in [0.2, 0.25) is 0 Å². The Morgan fingerprint density at radius 2 is 1.78 bits per heavy atom. The van der Waals surface area contributed by atoms with Gasteiger partial charge < -0.3 is 10.2 Å². The summed E-state index contributed by atoms with van der Waals surface area (Å²) >= 11 is 0. The third-order valence-corrected chi connectivity index (χ3v) is 4.43. The second-order valence-corrected chi connectivity index (χ2v) is 5.95. The van der Waals surface area contributed by atoms with E-state index in [0.717, 1.165) is 13.1 Å². The summed E-state index contributed by atoms with van der Waals surface area (Å²) < 4.78 is 0. The van der Waals surface area contributed by atoms with Gasteiger partial charge in [0.05, 0.1) is 0 Å². The van der Waals surface area contributed by atoms with Crippen LogP contribution in [0, 0.1) is 13.8 Å². The number of nitrogens with one attached hydrogen (secondary N) is 1. The van der Waals surface area contributed by atoms with Crippen LogP contribution in [-0.4, -0.2) is 25.2 Å². The Bertz CT molecular complexity index is 405. The van der Waals surface area contributed by atoms with Gasteiger partial charge in [0.25, 0.3) is 0 Å². The van der Waals surface area contributed by atoms with Gasteiger partial charge in [0, 0.05) is 30.9 Å². The van der Waals surface area contributed by atoms with Crippen LogP contribution in [0.4, 0.5) is 5.69 Å². The van der Waals surface area contributed by atoms with Gasteiger partial charge >= 0.3 is 0 Å². The molecule has 1 saturated carbocycles. The third-order valence-electron chi connectivity index (χ3n) is 4.43. The van der Waals surface area contributed by atoms with E-state index in [0.29, 0.717) is 12.1 Å². The number of anilines is 1. The number of aryl methyl sites for hydroxylation is 2. The molecule has 2 fully saturated rings. The number of piperazine rings is 1.